The fourth-order valence-electron chi connectivity index (χ4n) is 1.09. The lowest BCUT2D eigenvalue weighted by Crippen LogP contribution is -2.22. The van der Waals surface area contributed by atoms with E-state index < -0.39 is 17.6 Å². The molecule has 1 aliphatic rings. The van der Waals surface area contributed by atoms with Crippen molar-refractivity contribution in [2.75, 3.05) is 13.6 Å². The summed E-state index contributed by atoms with van der Waals surface area (Å²) in [5.74, 6) is -2.06. The molecule has 0 bridgehead atoms. The van der Waals surface area contributed by atoms with E-state index in [2.05, 4.69) is 0 Å². The van der Waals surface area contributed by atoms with Crippen molar-refractivity contribution < 1.29 is 14.4 Å². The molecule has 1 fully saturated rings. The fourth-order valence-corrected chi connectivity index (χ4v) is 1.09. The van der Waals surface area contributed by atoms with E-state index in [-0.39, 0.29) is 12.3 Å². The van der Waals surface area contributed by atoms with Gasteiger partial charge in [0, 0.05) is 13.6 Å². The molecule has 0 N–H and O–H groups in total. The minimum Gasteiger partial charge on any atom is -0.338 e. The highest BCUT2D eigenvalue weighted by Gasteiger charge is 2.39. The molecule has 0 saturated carbocycles. The highest BCUT2D eigenvalue weighted by molar-refractivity contribution is 6.42. The summed E-state index contributed by atoms with van der Waals surface area (Å²) < 4.78 is 0. The number of carbonyl (C=O) groups is 3. The van der Waals surface area contributed by atoms with Crippen molar-refractivity contribution in [2.24, 2.45) is 5.92 Å². The van der Waals surface area contributed by atoms with E-state index >= 15 is 0 Å². The predicted molar refractivity (Wildman–Crippen MR) is 36.8 cm³/mol. The van der Waals surface area contributed by atoms with Gasteiger partial charge in [-0.15, -0.1) is 0 Å². The van der Waals surface area contributed by atoms with E-state index in [0.717, 1.165) is 0 Å². The van der Waals surface area contributed by atoms with Gasteiger partial charge >= 0.3 is 0 Å². The highest BCUT2D eigenvalue weighted by atomic mass is 16.2. The second-order valence-electron chi connectivity index (χ2n) is 2.71. The Kier molecular flexibility index (Phi) is 1.76. The van der Waals surface area contributed by atoms with Gasteiger partial charge in [0.15, 0.2) is 0 Å². The molecule has 0 aromatic carbocycles. The van der Waals surface area contributed by atoms with E-state index in [1.54, 1.807) is 0 Å². The Balaban J connectivity index is 2.83. The van der Waals surface area contributed by atoms with Crippen LogP contribution in [0, 0.1) is 5.92 Å². The third-order valence-electron chi connectivity index (χ3n) is 1.82. The maximum absolute atomic E-state index is 10.9. The molecular formula is C7H9NO3. The summed E-state index contributed by atoms with van der Waals surface area (Å²) in [6.07, 6.45) is 0. The molecular weight excluding hydrogens is 146 g/mol. The highest BCUT2D eigenvalue weighted by Crippen LogP contribution is 2.12. The van der Waals surface area contributed by atoms with Gasteiger partial charge in [0.1, 0.15) is 11.7 Å². The van der Waals surface area contributed by atoms with E-state index in [9.17, 15) is 14.4 Å². The van der Waals surface area contributed by atoms with Crippen LogP contribution in [-0.2, 0) is 14.4 Å². The fraction of sp³-hybridized carbons (Fsp3) is 0.571. The smallest absolute Gasteiger partial charge is 0.290 e. The van der Waals surface area contributed by atoms with Crippen LogP contribution in [0.4, 0.5) is 0 Å². The van der Waals surface area contributed by atoms with Crippen LogP contribution in [0.2, 0.25) is 0 Å². The quantitative estimate of drug-likeness (QED) is 0.369. The topological polar surface area (TPSA) is 54.5 Å². The van der Waals surface area contributed by atoms with Gasteiger partial charge in [-0.3, -0.25) is 14.4 Å². The molecule has 1 saturated heterocycles. The van der Waals surface area contributed by atoms with Crippen LogP contribution in [0.3, 0.4) is 0 Å². The second kappa shape index (κ2) is 2.45. The SMILES string of the molecule is CC(=O)C1CN(C)C(=O)C1=O. The number of ketones is 2. The van der Waals surface area contributed by atoms with Gasteiger partial charge in [-0.25, -0.2) is 0 Å². The summed E-state index contributed by atoms with van der Waals surface area (Å²) in [6.45, 7) is 1.57. The number of hydrogen-bond acceptors (Lipinski definition) is 3. The zero-order valence-electron chi connectivity index (χ0n) is 6.46. The van der Waals surface area contributed by atoms with Gasteiger partial charge in [-0.1, -0.05) is 0 Å². The third-order valence-corrected chi connectivity index (χ3v) is 1.82. The number of likely N-dealkylation sites (tertiary alicyclic amines) is 1. The van der Waals surface area contributed by atoms with Crippen LogP contribution in [0.15, 0.2) is 0 Å². The second-order valence-corrected chi connectivity index (χ2v) is 2.71. The van der Waals surface area contributed by atoms with Crippen LogP contribution in [0.5, 0.6) is 0 Å². The minimum absolute atomic E-state index is 0.229. The summed E-state index contributed by atoms with van der Waals surface area (Å²) >= 11 is 0. The lowest BCUT2D eigenvalue weighted by molar-refractivity contribution is -0.141. The molecule has 60 valence electrons. The van der Waals surface area contributed by atoms with Crippen molar-refractivity contribution in [3.8, 4) is 0 Å². The minimum atomic E-state index is -0.715. The monoisotopic (exact) mass is 155 g/mol. The molecule has 4 nitrogen and oxygen atoms in total. The Morgan fingerprint density at radius 3 is 2.27 bits per heavy atom. The third kappa shape index (κ3) is 1.15. The maximum Gasteiger partial charge on any atom is 0.290 e. The van der Waals surface area contributed by atoms with Crippen molar-refractivity contribution in [1.29, 1.82) is 0 Å². The first kappa shape index (κ1) is 7.91. The van der Waals surface area contributed by atoms with Crippen LogP contribution in [0.25, 0.3) is 0 Å². The number of amides is 1. The van der Waals surface area contributed by atoms with Gasteiger partial charge < -0.3 is 4.90 Å². The van der Waals surface area contributed by atoms with Crippen molar-refractivity contribution in [1.82, 2.24) is 4.90 Å². The summed E-state index contributed by atoms with van der Waals surface area (Å²) in [5.41, 5.74) is 0. The van der Waals surface area contributed by atoms with Crippen molar-refractivity contribution in [3.63, 3.8) is 0 Å². The average Bonchev–Trinajstić information content (AvgIpc) is 2.17. The molecule has 0 aliphatic carbocycles. The molecule has 1 unspecified atom stereocenters. The zero-order chi connectivity index (χ0) is 8.59. The first-order valence-corrected chi connectivity index (χ1v) is 3.34. The van der Waals surface area contributed by atoms with E-state index in [1.807, 2.05) is 0 Å². The molecule has 1 heterocycles. The van der Waals surface area contributed by atoms with Gasteiger partial charge in [0.2, 0.25) is 5.78 Å². The molecule has 4 heteroatoms. The Morgan fingerprint density at radius 2 is 2.09 bits per heavy atom. The van der Waals surface area contributed by atoms with Crippen LogP contribution < -0.4 is 0 Å². The number of hydrogen-bond donors (Lipinski definition) is 0. The molecule has 11 heavy (non-hydrogen) atoms. The molecule has 1 atom stereocenters. The standard InChI is InChI=1S/C7H9NO3/c1-4(9)5-3-8(2)7(11)6(5)10/h5H,3H2,1-2H3. The van der Waals surface area contributed by atoms with Crippen molar-refractivity contribution >= 4 is 17.5 Å². The maximum atomic E-state index is 10.9. The number of rotatable bonds is 1. The number of nitrogens with zero attached hydrogens (tertiary/aromatic N) is 1. The molecule has 1 rings (SSSR count). The van der Waals surface area contributed by atoms with Crippen LogP contribution in [-0.4, -0.2) is 36.0 Å². The molecule has 0 aromatic rings. The first-order chi connectivity index (χ1) is 5.04. The van der Waals surface area contributed by atoms with Gasteiger partial charge in [0.25, 0.3) is 5.91 Å². The van der Waals surface area contributed by atoms with Crippen LogP contribution in [0.1, 0.15) is 6.92 Å². The molecule has 0 spiro atoms. The number of carbonyl (C=O) groups excluding carboxylic acids is 3. The first-order valence-electron chi connectivity index (χ1n) is 3.34. The molecule has 0 aromatic heterocycles. The molecule has 0 radical (unpaired) electrons. The largest absolute Gasteiger partial charge is 0.338 e. The Hall–Kier alpha value is -1.19. The zero-order valence-corrected chi connectivity index (χ0v) is 6.46. The summed E-state index contributed by atoms with van der Waals surface area (Å²) in [7, 11) is 1.52. The van der Waals surface area contributed by atoms with Gasteiger partial charge in [-0.2, -0.15) is 0 Å². The number of likely N-dealkylation sites (N-methyl/N-ethyl adjacent to an activating group) is 1. The Morgan fingerprint density at radius 1 is 1.55 bits per heavy atom. The lowest BCUT2D eigenvalue weighted by atomic mass is 10.0. The lowest BCUT2D eigenvalue weighted by Gasteiger charge is -2.04. The summed E-state index contributed by atoms with van der Waals surface area (Å²) in [5, 5.41) is 0. The Bertz CT molecular complexity index is 234. The van der Waals surface area contributed by atoms with Crippen molar-refractivity contribution in [3.05, 3.63) is 0 Å². The predicted octanol–water partition coefficient (Wildman–Crippen LogP) is -0.767. The summed E-state index contributed by atoms with van der Waals surface area (Å²) in [6, 6.07) is 0. The van der Waals surface area contributed by atoms with Crippen molar-refractivity contribution in [2.45, 2.75) is 6.92 Å². The summed E-state index contributed by atoms with van der Waals surface area (Å²) in [4.78, 5) is 33.8. The normalized spacial score (nSPS) is 24.5. The Labute approximate surface area is 64.2 Å². The molecule has 1 amide bonds. The van der Waals surface area contributed by atoms with E-state index in [4.69, 9.17) is 0 Å². The van der Waals surface area contributed by atoms with Gasteiger partial charge in [-0.05, 0) is 6.92 Å². The van der Waals surface area contributed by atoms with Gasteiger partial charge in [0.05, 0.1) is 0 Å². The van der Waals surface area contributed by atoms with E-state index in [0.29, 0.717) is 0 Å². The van der Waals surface area contributed by atoms with Crippen LogP contribution >= 0.6 is 0 Å². The average molecular weight is 155 g/mol. The molecule has 1 aliphatic heterocycles. The number of Topliss-reactive ketones (excluding diaryl/α,β-unsaturated/α-hetero) is 2. The van der Waals surface area contributed by atoms with E-state index in [1.165, 1.54) is 18.9 Å².